The Balaban J connectivity index is 2.21. The summed E-state index contributed by atoms with van der Waals surface area (Å²) in [6.07, 6.45) is 1.63. The molecule has 2 unspecified atom stereocenters. The van der Waals surface area contributed by atoms with Gasteiger partial charge in [-0.2, -0.15) is 20.2 Å². The lowest BCUT2D eigenvalue weighted by Crippen LogP contribution is -2.41. The molecule has 2 rings (SSSR count). The molecule has 38 heavy (non-hydrogen) atoms. The van der Waals surface area contributed by atoms with Crippen LogP contribution in [0.3, 0.4) is 0 Å². The number of thioether (sulfide) groups is 1. The molecule has 0 aliphatic carbocycles. The molecule has 0 spiro atoms. The first-order valence-electron chi connectivity index (χ1n) is 12.7. The highest BCUT2D eigenvalue weighted by molar-refractivity contribution is 7.99. The number of carbonyl (C=O) groups excluding carboxylic acids is 1. The smallest absolute Gasteiger partial charge is 0.407 e. The summed E-state index contributed by atoms with van der Waals surface area (Å²) in [6, 6.07) is 16.6. The molecule has 0 aliphatic heterocycles. The van der Waals surface area contributed by atoms with Gasteiger partial charge in [0, 0.05) is 11.0 Å². The van der Waals surface area contributed by atoms with Crippen LogP contribution in [-0.4, -0.2) is 39.5 Å². The van der Waals surface area contributed by atoms with Crippen molar-refractivity contribution < 1.29 is 26.9 Å². The molecule has 0 heterocycles. The number of rotatable bonds is 14. The Hall–Kier alpha value is -2.49. The Labute approximate surface area is 232 Å². The fourth-order valence-electron chi connectivity index (χ4n) is 3.35. The van der Waals surface area contributed by atoms with Gasteiger partial charge in [0.15, 0.2) is 0 Å². The Morgan fingerprint density at radius 3 is 2.26 bits per heavy atom. The third kappa shape index (κ3) is 12.8. The van der Waals surface area contributed by atoms with Crippen molar-refractivity contribution in [3.05, 3.63) is 77.2 Å². The van der Waals surface area contributed by atoms with Crippen molar-refractivity contribution in [3.63, 3.8) is 0 Å². The Morgan fingerprint density at radius 1 is 1.03 bits per heavy atom. The summed E-state index contributed by atoms with van der Waals surface area (Å²) < 4.78 is 41.1. The highest BCUT2D eigenvalue weighted by Crippen LogP contribution is 2.28. The van der Waals surface area contributed by atoms with Gasteiger partial charge in [0.1, 0.15) is 12.4 Å². The Kier molecular flexibility index (Phi) is 12.7. The van der Waals surface area contributed by atoms with Crippen LogP contribution < -0.4 is 10.1 Å². The number of hydrogen-bond acceptors (Lipinski definition) is 7. The standard InChI is InChI=1S/C29H41NO6S2/c1-22(2)18-27(37-20-24-12-14-25(34-6)15-13-24)26(16-17-38(32,33)36-21-29(3,4)5)30-28(31)35-19-23-10-8-7-9-11-23/h7-17,22,26-27H,18-21H2,1-6H3,(H,30,31)/b17-16+. The van der Waals surface area contributed by atoms with Crippen molar-refractivity contribution in [1.29, 1.82) is 0 Å². The summed E-state index contributed by atoms with van der Waals surface area (Å²) in [6.45, 7) is 10.1. The van der Waals surface area contributed by atoms with Gasteiger partial charge < -0.3 is 14.8 Å². The maximum absolute atomic E-state index is 12.8. The van der Waals surface area contributed by atoms with Crippen molar-refractivity contribution >= 4 is 28.0 Å². The molecule has 0 fully saturated rings. The van der Waals surface area contributed by atoms with Crippen molar-refractivity contribution in [2.45, 2.75) is 64.7 Å². The minimum absolute atomic E-state index is 0.0541. The van der Waals surface area contributed by atoms with Crippen molar-refractivity contribution in [3.8, 4) is 5.75 Å². The topological polar surface area (TPSA) is 90.9 Å². The molecule has 2 aromatic rings. The van der Waals surface area contributed by atoms with E-state index in [0.717, 1.165) is 28.7 Å². The van der Waals surface area contributed by atoms with Crippen LogP contribution in [0.4, 0.5) is 4.79 Å². The first-order valence-corrected chi connectivity index (χ1v) is 15.2. The average Bonchev–Trinajstić information content (AvgIpc) is 2.87. The lowest BCUT2D eigenvalue weighted by molar-refractivity contribution is 0.137. The predicted octanol–water partition coefficient (Wildman–Crippen LogP) is 6.54. The number of hydrogen-bond donors (Lipinski definition) is 1. The van der Waals surface area contributed by atoms with E-state index in [1.165, 1.54) is 6.08 Å². The van der Waals surface area contributed by atoms with Crippen molar-refractivity contribution in [2.75, 3.05) is 13.7 Å². The minimum atomic E-state index is -3.93. The van der Waals surface area contributed by atoms with Gasteiger partial charge in [-0.3, -0.25) is 4.18 Å². The minimum Gasteiger partial charge on any atom is -0.497 e. The van der Waals surface area contributed by atoms with Crippen LogP contribution in [0.1, 0.15) is 52.2 Å². The van der Waals surface area contributed by atoms with E-state index in [-0.39, 0.29) is 23.9 Å². The van der Waals surface area contributed by atoms with E-state index >= 15 is 0 Å². The molecule has 9 heteroatoms. The van der Waals surface area contributed by atoms with Crippen molar-refractivity contribution in [1.82, 2.24) is 5.32 Å². The van der Waals surface area contributed by atoms with Crippen LogP contribution in [0.15, 0.2) is 66.1 Å². The van der Waals surface area contributed by atoms with Crippen LogP contribution in [0.5, 0.6) is 5.75 Å². The Bertz CT molecular complexity index is 1110. The first kappa shape index (κ1) is 31.7. The van der Waals surface area contributed by atoms with Crippen molar-refractivity contribution in [2.24, 2.45) is 11.3 Å². The molecule has 0 saturated heterocycles. The highest BCUT2D eigenvalue weighted by Gasteiger charge is 2.25. The number of carbonyl (C=O) groups is 1. The largest absolute Gasteiger partial charge is 0.497 e. The summed E-state index contributed by atoms with van der Waals surface area (Å²) in [5.41, 5.74) is 1.65. The van der Waals surface area contributed by atoms with Crippen LogP contribution in [0.2, 0.25) is 0 Å². The zero-order valence-electron chi connectivity index (χ0n) is 23.2. The molecule has 2 atom stereocenters. The zero-order valence-corrected chi connectivity index (χ0v) is 24.8. The number of benzene rings is 2. The van der Waals surface area contributed by atoms with E-state index in [0.29, 0.717) is 11.7 Å². The summed E-state index contributed by atoms with van der Waals surface area (Å²) in [7, 11) is -2.31. The number of ether oxygens (including phenoxy) is 2. The summed E-state index contributed by atoms with van der Waals surface area (Å²) in [4.78, 5) is 12.8. The molecule has 0 saturated carbocycles. The lowest BCUT2D eigenvalue weighted by Gasteiger charge is -2.27. The Morgan fingerprint density at radius 2 is 1.68 bits per heavy atom. The number of amides is 1. The summed E-state index contributed by atoms with van der Waals surface area (Å²) in [5, 5.41) is 3.81. The fraction of sp³-hybridized carbons (Fsp3) is 0.483. The van der Waals surface area contributed by atoms with Crippen LogP contribution >= 0.6 is 11.8 Å². The maximum Gasteiger partial charge on any atom is 0.407 e. The van der Waals surface area contributed by atoms with Gasteiger partial charge in [0.25, 0.3) is 10.1 Å². The molecule has 0 radical (unpaired) electrons. The van der Waals surface area contributed by atoms with Crippen LogP contribution in [0.25, 0.3) is 0 Å². The SMILES string of the molecule is COc1ccc(CSC(CC(C)C)C(/C=C/S(=O)(=O)OCC(C)(C)C)NC(=O)OCc2ccccc2)cc1. The van der Waals surface area contributed by atoms with E-state index < -0.39 is 22.3 Å². The number of alkyl carbamates (subject to hydrolysis) is 1. The summed E-state index contributed by atoms with van der Waals surface area (Å²) >= 11 is 1.65. The fourth-order valence-corrected chi connectivity index (χ4v) is 5.80. The molecule has 7 nitrogen and oxygen atoms in total. The van der Waals surface area contributed by atoms with E-state index in [9.17, 15) is 13.2 Å². The molecular formula is C29H41NO6S2. The zero-order chi connectivity index (χ0) is 28.2. The monoisotopic (exact) mass is 563 g/mol. The lowest BCUT2D eigenvalue weighted by atomic mass is 9.99. The number of nitrogens with one attached hydrogen (secondary N) is 1. The molecular weight excluding hydrogens is 522 g/mol. The average molecular weight is 564 g/mol. The molecule has 0 aliphatic rings. The second-order valence-corrected chi connectivity index (χ2v) is 13.4. The second-order valence-electron chi connectivity index (χ2n) is 10.7. The third-order valence-electron chi connectivity index (χ3n) is 5.33. The van der Waals surface area contributed by atoms with Gasteiger partial charge >= 0.3 is 6.09 Å². The van der Waals surface area contributed by atoms with Gasteiger partial charge in [-0.05, 0) is 47.1 Å². The van der Waals surface area contributed by atoms with Gasteiger partial charge in [-0.25, -0.2) is 4.79 Å². The molecule has 1 N–H and O–H groups in total. The van der Waals surface area contributed by atoms with Crippen LogP contribution in [0, 0.1) is 11.3 Å². The normalized spacial score (nSPS) is 13.9. The molecule has 0 aromatic heterocycles. The van der Waals surface area contributed by atoms with E-state index in [4.69, 9.17) is 13.7 Å². The van der Waals surface area contributed by atoms with Gasteiger partial charge in [0.2, 0.25) is 0 Å². The van der Waals surface area contributed by atoms with E-state index in [1.807, 2.05) is 75.4 Å². The predicted molar refractivity (Wildman–Crippen MR) is 155 cm³/mol. The van der Waals surface area contributed by atoms with Gasteiger partial charge in [-0.15, -0.1) is 0 Å². The summed E-state index contributed by atoms with van der Waals surface area (Å²) in [5.74, 6) is 1.77. The quantitative estimate of drug-likeness (QED) is 0.261. The molecule has 2 aromatic carbocycles. The second kappa shape index (κ2) is 15.2. The van der Waals surface area contributed by atoms with Gasteiger partial charge in [-0.1, -0.05) is 77.1 Å². The highest BCUT2D eigenvalue weighted by atomic mass is 32.2. The van der Waals surface area contributed by atoms with E-state index in [1.54, 1.807) is 18.9 Å². The van der Waals surface area contributed by atoms with E-state index in [2.05, 4.69) is 19.2 Å². The third-order valence-corrected chi connectivity index (χ3v) is 7.68. The van der Waals surface area contributed by atoms with Gasteiger partial charge in [0.05, 0.1) is 25.2 Å². The molecule has 1 amide bonds. The molecule has 0 bridgehead atoms. The molecule has 210 valence electrons. The maximum atomic E-state index is 12.8. The first-order chi connectivity index (χ1) is 17.9. The van der Waals surface area contributed by atoms with Crippen LogP contribution in [-0.2, 0) is 31.4 Å². The number of methoxy groups -OCH3 is 1.